The van der Waals surface area contributed by atoms with Gasteiger partial charge in [0.05, 0.1) is 16.3 Å². The third kappa shape index (κ3) is 4.72. The Morgan fingerprint density at radius 2 is 1.50 bits per heavy atom. The molecule has 34 heavy (non-hydrogen) atoms. The van der Waals surface area contributed by atoms with Crippen LogP contribution >= 0.6 is 23.4 Å². The van der Waals surface area contributed by atoms with Crippen LogP contribution in [0.15, 0.2) is 99.2 Å². The summed E-state index contributed by atoms with van der Waals surface area (Å²) in [6, 6.07) is 27.0. The van der Waals surface area contributed by atoms with Crippen molar-refractivity contribution in [3.63, 3.8) is 0 Å². The number of aryl methyl sites for hydroxylation is 2. The first-order valence-electron chi connectivity index (χ1n) is 10.8. The molecule has 1 aliphatic heterocycles. The normalized spacial score (nSPS) is 16.1. The van der Waals surface area contributed by atoms with Gasteiger partial charge in [0.15, 0.2) is 5.17 Å². The summed E-state index contributed by atoms with van der Waals surface area (Å²) in [5, 5.41) is 1.27. The quantitative estimate of drug-likeness (QED) is 0.275. The maximum Gasteiger partial charge on any atom is 0.271 e. The Morgan fingerprint density at radius 3 is 2.18 bits per heavy atom. The Balaban J connectivity index is 1.50. The van der Waals surface area contributed by atoms with Crippen molar-refractivity contribution in [3.8, 4) is 11.3 Å². The number of amidine groups is 1. The van der Waals surface area contributed by atoms with Crippen LogP contribution in [0.25, 0.3) is 17.4 Å². The van der Waals surface area contributed by atoms with Crippen LogP contribution in [0.3, 0.4) is 0 Å². The summed E-state index contributed by atoms with van der Waals surface area (Å²) >= 11 is 7.33. The molecule has 5 rings (SSSR count). The number of rotatable bonds is 4. The highest BCUT2D eigenvalue weighted by Crippen LogP contribution is 2.38. The van der Waals surface area contributed by atoms with Crippen LogP contribution in [-0.2, 0) is 4.79 Å². The number of nitrogens with zero attached hydrogens (tertiary/aromatic N) is 2. The smallest absolute Gasteiger partial charge is 0.271 e. The Labute approximate surface area is 207 Å². The van der Waals surface area contributed by atoms with Gasteiger partial charge in [-0.3, -0.25) is 9.69 Å². The SMILES string of the molecule is Cc1ccc(N=C2S/C(=C/c3ccc(-c4ccc(Cl)cc4)o3)C(=O)N2c2ccc(C)cc2)cc1. The van der Waals surface area contributed by atoms with Crippen molar-refractivity contribution in [1.82, 2.24) is 0 Å². The molecular weight excluding hydrogens is 464 g/mol. The number of hydrogen-bond donors (Lipinski definition) is 0. The number of amides is 1. The van der Waals surface area contributed by atoms with E-state index in [2.05, 4.69) is 0 Å². The predicted molar refractivity (Wildman–Crippen MR) is 142 cm³/mol. The van der Waals surface area contributed by atoms with Crippen LogP contribution in [0, 0.1) is 13.8 Å². The van der Waals surface area contributed by atoms with Crippen LogP contribution < -0.4 is 4.90 Å². The lowest BCUT2D eigenvalue weighted by atomic mass is 10.2. The second kappa shape index (κ2) is 9.37. The van der Waals surface area contributed by atoms with E-state index in [1.165, 1.54) is 11.8 Å². The standard InChI is InChI=1S/C28H21ClN2O2S/c1-18-3-11-22(12-4-18)30-28-31(23-13-5-19(2)6-14-23)27(32)26(34-28)17-24-15-16-25(33-24)20-7-9-21(29)10-8-20/h3-17H,1-2H3/b26-17+,30-28?. The number of carbonyl (C=O) groups excluding carboxylic acids is 1. The fourth-order valence-electron chi connectivity index (χ4n) is 3.53. The number of thioether (sulfide) groups is 1. The van der Waals surface area contributed by atoms with E-state index in [0.717, 1.165) is 28.1 Å². The number of hydrogen-bond acceptors (Lipinski definition) is 4. The maximum absolute atomic E-state index is 13.5. The van der Waals surface area contributed by atoms with Crippen molar-refractivity contribution >= 4 is 51.9 Å². The van der Waals surface area contributed by atoms with E-state index in [1.54, 1.807) is 11.0 Å². The van der Waals surface area contributed by atoms with Gasteiger partial charge >= 0.3 is 0 Å². The molecule has 3 aromatic carbocycles. The molecule has 4 nitrogen and oxygen atoms in total. The first-order valence-corrected chi connectivity index (χ1v) is 12.0. The minimum Gasteiger partial charge on any atom is -0.457 e. The summed E-state index contributed by atoms with van der Waals surface area (Å²) in [6.45, 7) is 4.05. The second-order valence-electron chi connectivity index (χ2n) is 8.03. The van der Waals surface area contributed by atoms with E-state index in [-0.39, 0.29) is 5.91 Å². The average molecular weight is 485 g/mol. The highest BCUT2D eigenvalue weighted by Gasteiger charge is 2.35. The zero-order chi connectivity index (χ0) is 23.7. The van der Waals surface area contributed by atoms with Crippen LogP contribution in [0.2, 0.25) is 5.02 Å². The Morgan fingerprint density at radius 1 is 0.853 bits per heavy atom. The fourth-order valence-corrected chi connectivity index (χ4v) is 4.64. The average Bonchev–Trinajstić information content (AvgIpc) is 3.41. The van der Waals surface area contributed by atoms with Crippen molar-refractivity contribution in [2.75, 3.05) is 4.90 Å². The van der Waals surface area contributed by atoms with E-state index in [0.29, 0.717) is 26.6 Å². The molecule has 6 heteroatoms. The number of halogens is 1. The molecule has 0 aliphatic carbocycles. The molecule has 1 fully saturated rings. The van der Waals surface area contributed by atoms with E-state index >= 15 is 0 Å². The van der Waals surface area contributed by atoms with Crippen LogP contribution in [-0.4, -0.2) is 11.1 Å². The molecule has 168 valence electrons. The van der Waals surface area contributed by atoms with E-state index in [9.17, 15) is 4.79 Å². The van der Waals surface area contributed by atoms with Crippen LogP contribution in [0.4, 0.5) is 11.4 Å². The van der Waals surface area contributed by atoms with Crippen molar-refractivity contribution in [1.29, 1.82) is 0 Å². The lowest BCUT2D eigenvalue weighted by molar-refractivity contribution is -0.113. The Bertz CT molecular complexity index is 1400. The van der Waals surface area contributed by atoms with Crippen molar-refractivity contribution < 1.29 is 9.21 Å². The van der Waals surface area contributed by atoms with Crippen molar-refractivity contribution in [2.24, 2.45) is 4.99 Å². The summed E-state index contributed by atoms with van der Waals surface area (Å²) in [5.74, 6) is 1.17. The molecular formula is C28H21ClN2O2S. The fraction of sp³-hybridized carbons (Fsp3) is 0.0714. The molecule has 0 N–H and O–H groups in total. The first kappa shape index (κ1) is 22.3. The van der Waals surface area contributed by atoms with Gasteiger partial charge in [0.1, 0.15) is 11.5 Å². The molecule has 1 saturated heterocycles. The summed E-state index contributed by atoms with van der Waals surface area (Å²) < 4.78 is 6.00. The molecule has 0 saturated carbocycles. The summed E-state index contributed by atoms with van der Waals surface area (Å²) in [6.07, 6.45) is 1.77. The molecule has 1 amide bonds. The molecule has 0 bridgehead atoms. The highest BCUT2D eigenvalue weighted by molar-refractivity contribution is 8.19. The molecule has 0 radical (unpaired) electrons. The van der Waals surface area contributed by atoms with Gasteiger partial charge in [-0.15, -0.1) is 0 Å². The van der Waals surface area contributed by atoms with Gasteiger partial charge in [-0.2, -0.15) is 0 Å². The van der Waals surface area contributed by atoms with E-state index in [4.69, 9.17) is 21.0 Å². The lowest BCUT2D eigenvalue weighted by Crippen LogP contribution is -2.28. The van der Waals surface area contributed by atoms with Gasteiger partial charge in [-0.05, 0) is 86.3 Å². The summed E-state index contributed by atoms with van der Waals surface area (Å²) in [7, 11) is 0. The van der Waals surface area contributed by atoms with Gasteiger partial charge in [-0.25, -0.2) is 4.99 Å². The molecule has 1 aliphatic rings. The zero-order valence-electron chi connectivity index (χ0n) is 18.7. The number of aliphatic imine (C=N–C) groups is 1. The molecule has 4 aromatic rings. The molecule has 0 spiro atoms. The monoisotopic (exact) mass is 484 g/mol. The Hall–Kier alpha value is -3.54. The molecule has 1 aromatic heterocycles. The van der Waals surface area contributed by atoms with Gasteiger partial charge < -0.3 is 4.42 Å². The van der Waals surface area contributed by atoms with E-state index < -0.39 is 0 Å². The highest BCUT2D eigenvalue weighted by atomic mass is 35.5. The summed E-state index contributed by atoms with van der Waals surface area (Å²) in [5.41, 5.74) is 4.77. The largest absolute Gasteiger partial charge is 0.457 e. The topological polar surface area (TPSA) is 45.8 Å². The van der Waals surface area contributed by atoms with Gasteiger partial charge in [0.2, 0.25) is 0 Å². The number of carbonyl (C=O) groups is 1. The zero-order valence-corrected chi connectivity index (χ0v) is 20.2. The van der Waals surface area contributed by atoms with Gasteiger partial charge in [0.25, 0.3) is 5.91 Å². The number of furan rings is 1. The van der Waals surface area contributed by atoms with Gasteiger partial charge in [0, 0.05) is 16.7 Å². The molecule has 0 unspecified atom stereocenters. The van der Waals surface area contributed by atoms with Crippen LogP contribution in [0.5, 0.6) is 0 Å². The predicted octanol–water partition coefficient (Wildman–Crippen LogP) is 8.03. The number of anilines is 1. The minimum atomic E-state index is -0.135. The van der Waals surface area contributed by atoms with Gasteiger partial charge in [-0.1, -0.05) is 47.0 Å². The van der Waals surface area contributed by atoms with E-state index in [1.807, 2.05) is 98.8 Å². The van der Waals surface area contributed by atoms with Crippen LogP contribution in [0.1, 0.15) is 16.9 Å². The third-order valence-corrected chi connectivity index (χ3v) is 6.61. The first-order chi connectivity index (χ1) is 16.5. The third-order valence-electron chi connectivity index (χ3n) is 5.39. The number of benzene rings is 3. The van der Waals surface area contributed by atoms with Crippen molar-refractivity contribution in [2.45, 2.75) is 13.8 Å². The maximum atomic E-state index is 13.5. The lowest BCUT2D eigenvalue weighted by Gasteiger charge is -2.16. The second-order valence-corrected chi connectivity index (χ2v) is 9.47. The molecule has 2 heterocycles. The summed E-state index contributed by atoms with van der Waals surface area (Å²) in [4.78, 5) is 20.4. The molecule has 0 atom stereocenters. The van der Waals surface area contributed by atoms with Crippen molar-refractivity contribution in [3.05, 3.63) is 112 Å². The Kier molecular flexibility index (Phi) is 6.14. The minimum absolute atomic E-state index is 0.135.